The number of anilines is 1. The zero-order chi connectivity index (χ0) is 29.0. The standard InChI is InChI=1S/C33H29F3N2O3/c34-33(35,36)26-14-10-24(11-15-26)28-8-4-5-9-29(28)31(39)37-27-16-12-22(13-17-27)23-18-20-38(21-19-23)30(32(40)41)25-6-2-1-3-7-25/h1-17,23,30H,18-21H2,(H,37,39)(H,40,41)/t30-/m0/s1. The lowest BCUT2D eigenvalue weighted by atomic mass is 9.88. The number of hydrogen-bond donors (Lipinski definition) is 2. The Morgan fingerprint density at radius 3 is 2.02 bits per heavy atom. The second-order valence-electron chi connectivity index (χ2n) is 10.2. The van der Waals surface area contributed by atoms with Gasteiger partial charge in [0, 0.05) is 11.3 Å². The zero-order valence-electron chi connectivity index (χ0n) is 22.1. The van der Waals surface area contributed by atoms with Crippen LogP contribution in [0, 0.1) is 0 Å². The Kier molecular flexibility index (Phi) is 8.21. The molecule has 1 amide bonds. The molecule has 0 spiro atoms. The van der Waals surface area contributed by atoms with E-state index in [1.165, 1.54) is 12.1 Å². The summed E-state index contributed by atoms with van der Waals surface area (Å²) in [6.07, 6.45) is -2.78. The smallest absolute Gasteiger partial charge is 0.416 e. The third-order valence-corrected chi connectivity index (χ3v) is 7.58. The molecule has 8 heteroatoms. The number of aliphatic carboxylic acids is 1. The number of hydrogen-bond acceptors (Lipinski definition) is 3. The van der Waals surface area contributed by atoms with Crippen molar-refractivity contribution >= 4 is 17.6 Å². The predicted molar refractivity (Wildman–Crippen MR) is 152 cm³/mol. The largest absolute Gasteiger partial charge is 0.480 e. The number of alkyl halides is 3. The molecule has 0 aliphatic carbocycles. The van der Waals surface area contributed by atoms with Crippen molar-refractivity contribution in [2.45, 2.75) is 31.0 Å². The van der Waals surface area contributed by atoms with Gasteiger partial charge in [-0.2, -0.15) is 13.2 Å². The van der Waals surface area contributed by atoms with Crippen molar-refractivity contribution in [3.8, 4) is 11.1 Å². The van der Waals surface area contributed by atoms with Crippen molar-refractivity contribution in [1.29, 1.82) is 0 Å². The minimum Gasteiger partial charge on any atom is -0.480 e. The van der Waals surface area contributed by atoms with Gasteiger partial charge in [-0.15, -0.1) is 0 Å². The number of likely N-dealkylation sites (tertiary alicyclic amines) is 1. The highest BCUT2D eigenvalue weighted by Gasteiger charge is 2.32. The molecule has 1 aliphatic heterocycles. The summed E-state index contributed by atoms with van der Waals surface area (Å²) in [5.74, 6) is -0.932. The number of carbonyl (C=O) groups excluding carboxylic acids is 1. The van der Waals surface area contributed by atoms with E-state index in [1.807, 2.05) is 59.5 Å². The van der Waals surface area contributed by atoms with E-state index < -0.39 is 23.8 Å². The summed E-state index contributed by atoms with van der Waals surface area (Å²) in [7, 11) is 0. The minimum atomic E-state index is -4.43. The van der Waals surface area contributed by atoms with Gasteiger partial charge in [0.1, 0.15) is 6.04 Å². The van der Waals surface area contributed by atoms with Crippen molar-refractivity contribution in [3.63, 3.8) is 0 Å². The number of carboxylic acid groups (broad SMARTS) is 1. The molecule has 4 aromatic rings. The number of nitrogens with zero attached hydrogens (tertiary/aromatic N) is 1. The van der Waals surface area contributed by atoms with Crippen LogP contribution in [0.1, 0.15) is 51.8 Å². The van der Waals surface area contributed by atoms with E-state index in [0.717, 1.165) is 36.1 Å². The Morgan fingerprint density at radius 1 is 0.805 bits per heavy atom. The van der Waals surface area contributed by atoms with Gasteiger partial charge >= 0.3 is 12.1 Å². The number of carboxylic acids is 1. The van der Waals surface area contributed by atoms with Gasteiger partial charge in [0.15, 0.2) is 0 Å². The van der Waals surface area contributed by atoms with Crippen LogP contribution in [0.25, 0.3) is 11.1 Å². The predicted octanol–water partition coefficient (Wildman–Crippen LogP) is 7.63. The first-order chi connectivity index (χ1) is 19.7. The van der Waals surface area contributed by atoms with Crippen molar-refractivity contribution in [2.24, 2.45) is 0 Å². The molecule has 41 heavy (non-hydrogen) atoms. The van der Waals surface area contributed by atoms with Gasteiger partial charge in [-0.05, 0) is 84.4 Å². The van der Waals surface area contributed by atoms with Crippen molar-refractivity contribution in [1.82, 2.24) is 4.90 Å². The first kappa shape index (κ1) is 28.1. The number of halogens is 3. The monoisotopic (exact) mass is 558 g/mol. The van der Waals surface area contributed by atoms with Crippen LogP contribution in [0.3, 0.4) is 0 Å². The van der Waals surface area contributed by atoms with E-state index in [1.54, 1.807) is 24.3 Å². The summed E-state index contributed by atoms with van der Waals surface area (Å²) in [6, 6.07) is 27.8. The van der Waals surface area contributed by atoms with E-state index in [9.17, 15) is 27.9 Å². The summed E-state index contributed by atoms with van der Waals surface area (Å²) in [5.41, 5.74) is 3.17. The zero-order valence-corrected chi connectivity index (χ0v) is 22.1. The summed E-state index contributed by atoms with van der Waals surface area (Å²) >= 11 is 0. The highest BCUT2D eigenvalue weighted by Crippen LogP contribution is 2.34. The molecule has 1 saturated heterocycles. The van der Waals surface area contributed by atoms with E-state index in [0.29, 0.717) is 35.5 Å². The van der Waals surface area contributed by atoms with E-state index >= 15 is 0 Å². The summed E-state index contributed by atoms with van der Waals surface area (Å²) in [5, 5.41) is 12.7. The minimum absolute atomic E-state index is 0.279. The highest BCUT2D eigenvalue weighted by atomic mass is 19.4. The van der Waals surface area contributed by atoms with Crippen molar-refractivity contribution in [3.05, 3.63) is 125 Å². The molecular weight excluding hydrogens is 529 g/mol. The summed E-state index contributed by atoms with van der Waals surface area (Å²) < 4.78 is 38.9. The fourth-order valence-corrected chi connectivity index (χ4v) is 5.44. The molecule has 2 N–H and O–H groups in total. The molecule has 0 unspecified atom stereocenters. The second-order valence-corrected chi connectivity index (χ2v) is 10.2. The average molecular weight is 559 g/mol. The number of rotatable bonds is 7. The molecule has 210 valence electrons. The third-order valence-electron chi connectivity index (χ3n) is 7.58. The molecule has 1 aliphatic rings. The molecule has 1 atom stereocenters. The maximum atomic E-state index is 13.1. The van der Waals surface area contributed by atoms with Gasteiger partial charge in [0.25, 0.3) is 5.91 Å². The van der Waals surface area contributed by atoms with Gasteiger partial charge < -0.3 is 10.4 Å². The van der Waals surface area contributed by atoms with Gasteiger partial charge in [-0.25, -0.2) is 0 Å². The molecular formula is C33H29F3N2O3. The Balaban J connectivity index is 1.23. The molecule has 5 nitrogen and oxygen atoms in total. The van der Waals surface area contributed by atoms with Crippen LogP contribution in [0.5, 0.6) is 0 Å². The van der Waals surface area contributed by atoms with E-state index in [-0.39, 0.29) is 11.8 Å². The average Bonchev–Trinajstić information content (AvgIpc) is 2.98. The van der Waals surface area contributed by atoms with Gasteiger partial charge in [0.2, 0.25) is 0 Å². The molecule has 1 fully saturated rings. The molecule has 1 heterocycles. The molecule has 0 bridgehead atoms. The number of amides is 1. The van der Waals surface area contributed by atoms with Crippen molar-refractivity contribution < 1.29 is 27.9 Å². The fourth-order valence-electron chi connectivity index (χ4n) is 5.44. The van der Waals surface area contributed by atoms with Gasteiger partial charge in [-0.3, -0.25) is 14.5 Å². The first-order valence-corrected chi connectivity index (χ1v) is 13.4. The number of nitrogens with one attached hydrogen (secondary N) is 1. The van der Waals surface area contributed by atoms with Gasteiger partial charge in [-0.1, -0.05) is 72.8 Å². The van der Waals surface area contributed by atoms with Crippen LogP contribution >= 0.6 is 0 Å². The van der Waals surface area contributed by atoms with Crippen LogP contribution < -0.4 is 5.32 Å². The lowest BCUT2D eigenvalue weighted by Gasteiger charge is -2.36. The number of benzene rings is 4. The summed E-state index contributed by atoms with van der Waals surface area (Å²) in [4.78, 5) is 27.2. The first-order valence-electron chi connectivity index (χ1n) is 13.4. The Morgan fingerprint density at radius 2 is 1.41 bits per heavy atom. The van der Waals surface area contributed by atoms with Crippen LogP contribution in [0.15, 0.2) is 103 Å². The number of piperidine rings is 1. The third kappa shape index (κ3) is 6.49. The SMILES string of the molecule is O=C(Nc1ccc(C2CCN([C@H](C(=O)O)c3ccccc3)CC2)cc1)c1ccccc1-c1ccc(C(F)(F)F)cc1. The normalized spacial score (nSPS) is 15.3. The van der Waals surface area contributed by atoms with Crippen LogP contribution in [0.2, 0.25) is 0 Å². The highest BCUT2D eigenvalue weighted by molar-refractivity contribution is 6.08. The van der Waals surface area contributed by atoms with E-state index in [4.69, 9.17) is 0 Å². The topological polar surface area (TPSA) is 69.6 Å². The molecule has 0 radical (unpaired) electrons. The van der Waals surface area contributed by atoms with Crippen LogP contribution in [0.4, 0.5) is 18.9 Å². The van der Waals surface area contributed by atoms with Crippen molar-refractivity contribution in [2.75, 3.05) is 18.4 Å². The van der Waals surface area contributed by atoms with E-state index in [2.05, 4.69) is 5.32 Å². The molecule has 4 aromatic carbocycles. The van der Waals surface area contributed by atoms with Crippen LogP contribution in [-0.2, 0) is 11.0 Å². The second kappa shape index (κ2) is 12.0. The van der Waals surface area contributed by atoms with Crippen LogP contribution in [-0.4, -0.2) is 35.0 Å². The lowest BCUT2D eigenvalue weighted by molar-refractivity contribution is -0.144. The Bertz CT molecular complexity index is 1500. The molecule has 0 saturated carbocycles. The maximum Gasteiger partial charge on any atom is 0.416 e. The van der Waals surface area contributed by atoms with Gasteiger partial charge in [0.05, 0.1) is 5.56 Å². The molecule has 5 rings (SSSR count). The fraction of sp³-hybridized carbons (Fsp3) is 0.212. The molecule has 0 aromatic heterocycles. The quantitative estimate of drug-likeness (QED) is 0.245. The summed E-state index contributed by atoms with van der Waals surface area (Å²) in [6.45, 7) is 1.32. The lowest BCUT2D eigenvalue weighted by Crippen LogP contribution is -2.39. The Hall–Kier alpha value is -4.43. The maximum absolute atomic E-state index is 13.1. The number of carbonyl (C=O) groups is 2. The Labute approximate surface area is 236 Å².